The number of aliphatic hydroxyl groups excluding tert-OH is 2. The van der Waals surface area contributed by atoms with E-state index in [1.807, 2.05) is 0 Å². The third-order valence-corrected chi connectivity index (χ3v) is 9.65. The molecule has 156 valence electrons. The lowest BCUT2D eigenvalue weighted by atomic mass is 9.44. The Bertz CT molecular complexity index is 660. The van der Waals surface area contributed by atoms with Gasteiger partial charge in [-0.15, -0.1) is 5.92 Å². The van der Waals surface area contributed by atoms with Crippen molar-refractivity contribution in [1.29, 1.82) is 0 Å². The summed E-state index contributed by atoms with van der Waals surface area (Å²) >= 11 is 0. The van der Waals surface area contributed by atoms with Gasteiger partial charge in [0.2, 0.25) is 0 Å². The molecule has 0 aromatic rings. The van der Waals surface area contributed by atoms with Crippen molar-refractivity contribution in [3.8, 4) is 11.8 Å². The van der Waals surface area contributed by atoms with Gasteiger partial charge in [0.1, 0.15) is 5.78 Å². The minimum atomic E-state index is -0.0797. The van der Waals surface area contributed by atoms with E-state index < -0.39 is 0 Å². The minimum Gasteiger partial charge on any atom is -0.395 e. The van der Waals surface area contributed by atoms with E-state index >= 15 is 0 Å². The Morgan fingerprint density at radius 3 is 2.50 bits per heavy atom. The topological polar surface area (TPSA) is 57.5 Å². The van der Waals surface area contributed by atoms with E-state index in [2.05, 4.69) is 25.7 Å². The summed E-state index contributed by atoms with van der Waals surface area (Å²) in [4.78, 5) is 13.0. The zero-order chi connectivity index (χ0) is 19.9. The van der Waals surface area contributed by atoms with Crippen molar-refractivity contribution in [1.82, 2.24) is 0 Å². The van der Waals surface area contributed by atoms with Crippen LogP contribution in [0.1, 0.15) is 84.5 Å². The maximum atomic E-state index is 13.0. The largest absolute Gasteiger partial charge is 0.395 e. The van der Waals surface area contributed by atoms with E-state index in [1.165, 1.54) is 38.5 Å². The van der Waals surface area contributed by atoms with Gasteiger partial charge in [0.15, 0.2) is 0 Å². The monoisotopic (exact) mass is 386 g/mol. The highest BCUT2D eigenvalue weighted by atomic mass is 16.3. The van der Waals surface area contributed by atoms with E-state index in [1.54, 1.807) is 0 Å². The molecule has 0 unspecified atom stereocenters. The number of carbonyl (C=O) groups is 1. The van der Waals surface area contributed by atoms with Crippen LogP contribution in [0.15, 0.2) is 0 Å². The van der Waals surface area contributed by atoms with Crippen molar-refractivity contribution in [2.75, 3.05) is 6.61 Å². The van der Waals surface area contributed by atoms with Crippen LogP contribution in [0.5, 0.6) is 0 Å². The predicted molar refractivity (Wildman–Crippen MR) is 110 cm³/mol. The molecule has 28 heavy (non-hydrogen) atoms. The summed E-state index contributed by atoms with van der Waals surface area (Å²) < 4.78 is 0. The first-order valence-electron chi connectivity index (χ1n) is 11.7. The standard InChI is InChI=1S/C25H38O3/c1-24-13-11-18(27)16-17(24)7-8-19-20-9-10-22(23(28)6-4-3-5-15-26)25(20,2)14-12-21(19)24/h17-22,26-27H,5-16H2,1-2H3/t17-,18+,19-,20-,21-,22+,24-,25-/m0/s1. The molecule has 4 rings (SSSR count). The first-order valence-corrected chi connectivity index (χ1v) is 11.7. The number of carbonyl (C=O) groups excluding carboxylic acids is 1. The second-order valence-electron chi connectivity index (χ2n) is 10.7. The molecule has 4 aliphatic carbocycles. The quantitative estimate of drug-likeness (QED) is 0.709. The van der Waals surface area contributed by atoms with Crippen LogP contribution in [-0.4, -0.2) is 28.7 Å². The molecular weight excluding hydrogens is 348 g/mol. The number of aliphatic hydroxyl groups is 2. The summed E-state index contributed by atoms with van der Waals surface area (Å²) in [6.45, 7) is 5.01. The molecule has 0 aliphatic heterocycles. The summed E-state index contributed by atoms with van der Waals surface area (Å²) in [5, 5.41) is 19.1. The molecule has 2 N–H and O–H groups in total. The molecule has 0 saturated heterocycles. The number of ketones is 1. The van der Waals surface area contributed by atoms with Gasteiger partial charge in [-0.3, -0.25) is 4.79 Å². The highest BCUT2D eigenvalue weighted by Gasteiger charge is 2.60. The molecule has 4 saturated carbocycles. The van der Waals surface area contributed by atoms with Crippen LogP contribution in [0, 0.1) is 52.3 Å². The Hall–Kier alpha value is -0.850. The van der Waals surface area contributed by atoms with Gasteiger partial charge >= 0.3 is 0 Å². The molecule has 0 spiro atoms. The van der Waals surface area contributed by atoms with Crippen LogP contribution in [0.25, 0.3) is 0 Å². The van der Waals surface area contributed by atoms with Crippen molar-refractivity contribution >= 4 is 5.78 Å². The smallest absolute Gasteiger partial charge is 0.148 e. The average molecular weight is 387 g/mol. The second-order valence-corrected chi connectivity index (χ2v) is 10.7. The zero-order valence-corrected chi connectivity index (χ0v) is 17.8. The van der Waals surface area contributed by atoms with Crippen LogP contribution in [0.3, 0.4) is 0 Å². The average Bonchev–Trinajstić information content (AvgIpc) is 3.03. The van der Waals surface area contributed by atoms with Crippen molar-refractivity contribution < 1.29 is 15.0 Å². The molecule has 3 heteroatoms. The Balaban J connectivity index is 1.49. The summed E-state index contributed by atoms with van der Waals surface area (Å²) in [5.74, 6) is 9.38. The van der Waals surface area contributed by atoms with Gasteiger partial charge in [-0.25, -0.2) is 0 Å². The molecule has 0 aromatic carbocycles. The van der Waals surface area contributed by atoms with E-state index in [-0.39, 0.29) is 24.0 Å². The summed E-state index contributed by atoms with van der Waals surface area (Å²) in [6.07, 6.45) is 11.2. The molecule has 0 aromatic heterocycles. The van der Waals surface area contributed by atoms with E-state index in [0.29, 0.717) is 35.9 Å². The normalized spacial score (nSPS) is 47.3. The summed E-state index contributed by atoms with van der Waals surface area (Å²) in [6, 6.07) is 0. The third kappa shape index (κ3) is 3.25. The first-order chi connectivity index (χ1) is 13.4. The fourth-order valence-electron chi connectivity index (χ4n) is 8.18. The Kier molecular flexibility index (Phi) is 5.66. The lowest BCUT2D eigenvalue weighted by Gasteiger charge is -2.60. The molecule has 3 nitrogen and oxygen atoms in total. The van der Waals surface area contributed by atoms with Crippen LogP contribution >= 0.6 is 0 Å². The molecule has 4 fully saturated rings. The minimum absolute atomic E-state index is 0.0737. The fourth-order valence-corrected chi connectivity index (χ4v) is 8.18. The zero-order valence-electron chi connectivity index (χ0n) is 17.8. The van der Waals surface area contributed by atoms with E-state index in [9.17, 15) is 9.90 Å². The number of fused-ring (bicyclic) bond motifs is 5. The van der Waals surface area contributed by atoms with Gasteiger partial charge in [-0.05, 0) is 92.3 Å². The van der Waals surface area contributed by atoms with E-state index in [4.69, 9.17) is 5.11 Å². The van der Waals surface area contributed by atoms with Crippen LogP contribution < -0.4 is 0 Å². The van der Waals surface area contributed by atoms with Gasteiger partial charge < -0.3 is 10.2 Å². The van der Waals surface area contributed by atoms with Gasteiger partial charge in [-0.2, -0.15) is 0 Å². The second kappa shape index (κ2) is 7.77. The number of Topliss-reactive ketones (excluding diaryl/α,β-unsaturated/α-hetero) is 1. The van der Waals surface area contributed by atoms with Gasteiger partial charge in [0.25, 0.3) is 0 Å². The highest BCUT2D eigenvalue weighted by molar-refractivity contribution is 5.84. The Morgan fingerprint density at radius 2 is 1.71 bits per heavy atom. The fraction of sp³-hybridized carbons (Fsp3) is 0.880. The molecule has 8 atom stereocenters. The van der Waals surface area contributed by atoms with Crippen molar-refractivity contribution in [2.45, 2.75) is 90.6 Å². The molecule has 0 radical (unpaired) electrons. The predicted octanol–water partition coefficient (Wildman–Crippen LogP) is 4.35. The van der Waals surface area contributed by atoms with Crippen molar-refractivity contribution in [3.63, 3.8) is 0 Å². The highest BCUT2D eigenvalue weighted by Crippen LogP contribution is 2.67. The molecule has 0 heterocycles. The van der Waals surface area contributed by atoms with Gasteiger partial charge in [0, 0.05) is 12.3 Å². The first kappa shape index (κ1) is 20.4. The van der Waals surface area contributed by atoms with Crippen molar-refractivity contribution in [2.24, 2.45) is 40.4 Å². The summed E-state index contributed by atoms with van der Waals surface area (Å²) in [7, 11) is 0. The van der Waals surface area contributed by atoms with Gasteiger partial charge in [0.05, 0.1) is 19.1 Å². The maximum Gasteiger partial charge on any atom is 0.148 e. The Morgan fingerprint density at radius 1 is 0.964 bits per heavy atom. The van der Waals surface area contributed by atoms with E-state index in [0.717, 1.165) is 31.1 Å². The molecule has 0 amide bonds. The van der Waals surface area contributed by atoms with Crippen LogP contribution in [-0.2, 0) is 4.79 Å². The molecule has 4 aliphatic rings. The molecule has 0 bridgehead atoms. The number of rotatable bonds is 3. The van der Waals surface area contributed by atoms with Crippen molar-refractivity contribution in [3.05, 3.63) is 0 Å². The number of hydrogen-bond donors (Lipinski definition) is 2. The lowest BCUT2D eigenvalue weighted by molar-refractivity contribution is -0.139. The maximum absolute atomic E-state index is 13.0. The molecular formula is C25H38O3. The lowest BCUT2D eigenvalue weighted by Crippen LogP contribution is -2.54. The van der Waals surface area contributed by atoms with Gasteiger partial charge in [-0.1, -0.05) is 19.8 Å². The third-order valence-electron chi connectivity index (χ3n) is 9.65. The van der Waals surface area contributed by atoms with Crippen LogP contribution in [0.2, 0.25) is 0 Å². The SMILES string of the molecule is C[C@]12CC[C@@H](O)C[C@@H]1CC[C@@H]1[C@@H]2CC[C@]2(C)[C@@H](C(=O)CC#CCCO)CC[C@@H]12. The summed E-state index contributed by atoms with van der Waals surface area (Å²) in [5.41, 5.74) is 0.565. The number of hydrogen-bond acceptors (Lipinski definition) is 3. The Labute approximate surface area is 170 Å². The van der Waals surface area contributed by atoms with Crippen LogP contribution in [0.4, 0.5) is 0 Å².